The molecular weight excluding hydrogens is 148 g/mol. The van der Waals surface area contributed by atoms with E-state index in [9.17, 15) is 4.79 Å². The van der Waals surface area contributed by atoms with Crippen LogP contribution in [0.1, 0.15) is 46.5 Å². The van der Waals surface area contributed by atoms with Crippen LogP contribution in [0.3, 0.4) is 0 Å². The van der Waals surface area contributed by atoms with Gasteiger partial charge >= 0.3 is 0 Å². The van der Waals surface area contributed by atoms with Crippen LogP contribution in [0.2, 0.25) is 0 Å². The summed E-state index contributed by atoms with van der Waals surface area (Å²) in [6.45, 7) is 9.72. The van der Waals surface area contributed by atoms with E-state index in [1.807, 2.05) is 19.9 Å². The van der Waals surface area contributed by atoms with Crippen LogP contribution < -0.4 is 0 Å². The van der Waals surface area contributed by atoms with E-state index in [1.54, 1.807) is 0 Å². The third-order valence-corrected chi connectivity index (χ3v) is 2.45. The zero-order chi connectivity index (χ0) is 9.61. The first-order valence-electron chi connectivity index (χ1n) is 4.68. The lowest BCUT2D eigenvalue weighted by Crippen LogP contribution is -2.22. The predicted molar refractivity (Wildman–Crippen MR) is 53.1 cm³/mol. The maximum atomic E-state index is 11.5. The fourth-order valence-electron chi connectivity index (χ4n) is 0.943. The SMILES string of the molecule is C=CCCCC(=O)C(C)(C)CC. The molecule has 0 radical (unpaired) electrons. The molecule has 0 bridgehead atoms. The highest BCUT2D eigenvalue weighted by Gasteiger charge is 2.23. The zero-order valence-corrected chi connectivity index (χ0v) is 8.52. The van der Waals surface area contributed by atoms with Crippen molar-refractivity contribution in [2.24, 2.45) is 5.41 Å². The molecule has 0 heterocycles. The topological polar surface area (TPSA) is 17.1 Å². The number of hydrogen-bond acceptors (Lipinski definition) is 1. The van der Waals surface area contributed by atoms with Gasteiger partial charge in [0.05, 0.1) is 0 Å². The van der Waals surface area contributed by atoms with Gasteiger partial charge in [-0.25, -0.2) is 0 Å². The first-order chi connectivity index (χ1) is 5.54. The Bertz CT molecular complexity index is 156. The minimum atomic E-state index is -0.124. The fourth-order valence-corrected chi connectivity index (χ4v) is 0.943. The van der Waals surface area contributed by atoms with Crippen molar-refractivity contribution in [2.45, 2.75) is 46.5 Å². The third kappa shape index (κ3) is 3.70. The summed E-state index contributed by atoms with van der Waals surface area (Å²) in [6, 6.07) is 0. The molecule has 0 saturated carbocycles. The molecule has 0 N–H and O–H groups in total. The van der Waals surface area contributed by atoms with Gasteiger partial charge in [0, 0.05) is 11.8 Å². The van der Waals surface area contributed by atoms with E-state index >= 15 is 0 Å². The number of carbonyl (C=O) groups is 1. The average Bonchev–Trinajstić information content (AvgIpc) is 2.05. The van der Waals surface area contributed by atoms with E-state index in [2.05, 4.69) is 13.5 Å². The molecule has 1 nitrogen and oxygen atoms in total. The van der Waals surface area contributed by atoms with Crippen molar-refractivity contribution < 1.29 is 4.79 Å². The fraction of sp³-hybridized carbons (Fsp3) is 0.727. The van der Waals surface area contributed by atoms with Crippen LogP contribution in [0, 0.1) is 5.41 Å². The summed E-state index contributed by atoms with van der Waals surface area (Å²) in [4.78, 5) is 11.5. The van der Waals surface area contributed by atoms with Gasteiger partial charge in [-0.3, -0.25) is 4.79 Å². The summed E-state index contributed by atoms with van der Waals surface area (Å²) >= 11 is 0. The first kappa shape index (κ1) is 11.4. The van der Waals surface area contributed by atoms with Crippen LogP contribution in [-0.2, 0) is 4.79 Å². The number of Topliss-reactive ketones (excluding diaryl/α,β-unsaturated/α-hetero) is 1. The molecule has 0 rings (SSSR count). The smallest absolute Gasteiger partial charge is 0.138 e. The van der Waals surface area contributed by atoms with Gasteiger partial charge in [0.2, 0.25) is 0 Å². The number of carbonyl (C=O) groups excluding carboxylic acids is 1. The Kier molecular flexibility index (Phi) is 4.87. The largest absolute Gasteiger partial charge is 0.299 e. The molecule has 1 heteroatoms. The average molecular weight is 168 g/mol. The molecule has 0 aliphatic heterocycles. The minimum absolute atomic E-state index is 0.124. The minimum Gasteiger partial charge on any atom is -0.299 e. The Labute approximate surface area is 75.9 Å². The van der Waals surface area contributed by atoms with E-state index in [-0.39, 0.29) is 5.41 Å². The summed E-state index contributed by atoms with van der Waals surface area (Å²) in [5.74, 6) is 0.381. The maximum Gasteiger partial charge on any atom is 0.138 e. The van der Waals surface area contributed by atoms with Gasteiger partial charge in [0.1, 0.15) is 5.78 Å². The molecule has 0 aliphatic carbocycles. The van der Waals surface area contributed by atoms with Crippen molar-refractivity contribution in [3.63, 3.8) is 0 Å². The van der Waals surface area contributed by atoms with Crippen LogP contribution in [0.4, 0.5) is 0 Å². The molecule has 0 aliphatic rings. The lowest BCUT2D eigenvalue weighted by molar-refractivity contribution is -0.127. The second kappa shape index (κ2) is 5.13. The number of ketones is 1. The van der Waals surface area contributed by atoms with Gasteiger partial charge in [-0.15, -0.1) is 6.58 Å². The Morgan fingerprint density at radius 3 is 2.50 bits per heavy atom. The Morgan fingerprint density at radius 2 is 2.08 bits per heavy atom. The molecule has 0 unspecified atom stereocenters. The molecule has 0 aromatic heterocycles. The van der Waals surface area contributed by atoms with Gasteiger partial charge in [-0.1, -0.05) is 26.8 Å². The van der Waals surface area contributed by atoms with Crippen LogP contribution in [0.5, 0.6) is 0 Å². The van der Waals surface area contributed by atoms with E-state index < -0.39 is 0 Å². The highest BCUT2D eigenvalue weighted by atomic mass is 16.1. The van der Waals surface area contributed by atoms with E-state index in [0.29, 0.717) is 12.2 Å². The second-order valence-electron chi connectivity index (χ2n) is 3.84. The van der Waals surface area contributed by atoms with Gasteiger partial charge in [-0.05, 0) is 19.3 Å². The first-order valence-corrected chi connectivity index (χ1v) is 4.68. The predicted octanol–water partition coefficient (Wildman–Crippen LogP) is 3.35. The monoisotopic (exact) mass is 168 g/mol. The Balaban J connectivity index is 3.79. The molecular formula is C11H20O. The second-order valence-corrected chi connectivity index (χ2v) is 3.84. The van der Waals surface area contributed by atoms with Crippen LogP contribution in [0.15, 0.2) is 12.7 Å². The van der Waals surface area contributed by atoms with Crippen LogP contribution in [0.25, 0.3) is 0 Å². The van der Waals surface area contributed by atoms with Crippen molar-refractivity contribution in [1.82, 2.24) is 0 Å². The van der Waals surface area contributed by atoms with Crippen molar-refractivity contribution >= 4 is 5.78 Å². The summed E-state index contributed by atoms with van der Waals surface area (Å²) in [6.07, 6.45) is 5.40. The van der Waals surface area contributed by atoms with Gasteiger partial charge in [-0.2, -0.15) is 0 Å². The normalized spacial score (nSPS) is 11.2. The van der Waals surface area contributed by atoms with Crippen LogP contribution >= 0.6 is 0 Å². The number of hydrogen-bond donors (Lipinski definition) is 0. The van der Waals surface area contributed by atoms with Gasteiger partial charge in [0.25, 0.3) is 0 Å². The maximum absolute atomic E-state index is 11.5. The van der Waals surface area contributed by atoms with Crippen molar-refractivity contribution in [3.8, 4) is 0 Å². The highest BCUT2D eigenvalue weighted by Crippen LogP contribution is 2.23. The lowest BCUT2D eigenvalue weighted by atomic mass is 9.83. The standard InChI is InChI=1S/C11H20O/c1-5-7-8-9-10(12)11(3,4)6-2/h5H,1,6-9H2,2-4H3. The van der Waals surface area contributed by atoms with E-state index in [4.69, 9.17) is 0 Å². The molecule has 0 aromatic rings. The molecule has 0 aromatic carbocycles. The molecule has 12 heavy (non-hydrogen) atoms. The summed E-state index contributed by atoms with van der Waals surface area (Å²) in [5, 5.41) is 0. The van der Waals surface area contributed by atoms with Crippen LogP contribution in [-0.4, -0.2) is 5.78 Å². The zero-order valence-electron chi connectivity index (χ0n) is 8.52. The van der Waals surface area contributed by atoms with E-state index in [0.717, 1.165) is 19.3 Å². The summed E-state index contributed by atoms with van der Waals surface area (Å²) in [5.41, 5.74) is -0.124. The quantitative estimate of drug-likeness (QED) is 0.439. The molecule has 70 valence electrons. The van der Waals surface area contributed by atoms with Gasteiger partial charge < -0.3 is 0 Å². The highest BCUT2D eigenvalue weighted by molar-refractivity contribution is 5.83. The molecule has 0 amide bonds. The number of rotatable bonds is 6. The number of allylic oxidation sites excluding steroid dienone is 1. The molecule has 0 atom stereocenters. The molecule has 0 spiro atoms. The Morgan fingerprint density at radius 1 is 1.50 bits per heavy atom. The molecule has 0 saturated heterocycles. The van der Waals surface area contributed by atoms with Crippen molar-refractivity contribution in [2.75, 3.05) is 0 Å². The van der Waals surface area contributed by atoms with Gasteiger partial charge in [0.15, 0.2) is 0 Å². The summed E-state index contributed by atoms with van der Waals surface area (Å²) in [7, 11) is 0. The van der Waals surface area contributed by atoms with Crippen molar-refractivity contribution in [1.29, 1.82) is 0 Å². The summed E-state index contributed by atoms with van der Waals surface area (Å²) < 4.78 is 0. The van der Waals surface area contributed by atoms with Crippen molar-refractivity contribution in [3.05, 3.63) is 12.7 Å². The van der Waals surface area contributed by atoms with E-state index in [1.165, 1.54) is 0 Å². The third-order valence-electron chi connectivity index (χ3n) is 2.45. The molecule has 0 fully saturated rings. The lowest BCUT2D eigenvalue weighted by Gasteiger charge is -2.20. The number of unbranched alkanes of at least 4 members (excludes halogenated alkanes) is 1. The Hall–Kier alpha value is -0.590.